The van der Waals surface area contributed by atoms with Crippen LogP contribution in [0.15, 0.2) is 57.9 Å². The fourth-order valence-corrected chi connectivity index (χ4v) is 5.96. The topological polar surface area (TPSA) is 46.2 Å². The summed E-state index contributed by atoms with van der Waals surface area (Å²) in [5.41, 5.74) is 2.19. The average Bonchev–Trinajstić information content (AvgIpc) is 2.87. The van der Waals surface area contributed by atoms with Crippen LogP contribution < -0.4 is 5.32 Å². The third-order valence-electron chi connectivity index (χ3n) is 4.04. The first-order valence-electron chi connectivity index (χ1n) is 6.79. The quantitative estimate of drug-likeness (QED) is 0.908. The zero-order chi connectivity index (χ0) is 15.0. The van der Waals surface area contributed by atoms with E-state index in [1.54, 1.807) is 18.2 Å². The first-order chi connectivity index (χ1) is 10.1. The second-order valence-electron chi connectivity index (χ2n) is 5.18. The monoisotopic (exact) mass is 365 g/mol. The van der Waals surface area contributed by atoms with Gasteiger partial charge in [-0.3, -0.25) is 0 Å². The molecule has 1 aliphatic carbocycles. The summed E-state index contributed by atoms with van der Waals surface area (Å²) in [5, 5.41) is 2.70. The molecule has 0 aromatic heterocycles. The third-order valence-corrected chi connectivity index (χ3v) is 7.19. The van der Waals surface area contributed by atoms with Gasteiger partial charge in [-0.25, -0.2) is 8.42 Å². The fraction of sp³-hybridized carbons (Fsp3) is 0.250. The number of benzene rings is 2. The Morgan fingerprint density at radius 1 is 1.10 bits per heavy atom. The van der Waals surface area contributed by atoms with E-state index in [1.165, 1.54) is 0 Å². The Bertz CT molecular complexity index is 773. The molecule has 0 spiro atoms. The molecule has 0 saturated carbocycles. The van der Waals surface area contributed by atoms with E-state index < -0.39 is 15.1 Å². The van der Waals surface area contributed by atoms with Crippen molar-refractivity contribution in [2.24, 2.45) is 0 Å². The van der Waals surface area contributed by atoms with Crippen molar-refractivity contribution in [2.45, 2.75) is 22.6 Å². The van der Waals surface area contributed by atoms with Crippen molar-refractivity contribution in [2.75, 3.05) is 7.05 Å². The molecule has 0 amide bonds. The van der Waals surface area contributed by atoms with Gasteiger partial charge in [0, 0.05) is 10.5 Å². The first-order valence-corrected chi connectivity index (χ1v) is 9.13. The van der Waals surface area contributed by atoms with Crippen LogP contribution in [0.25, 0.3) is 0 Å². The summed E-state index contributed by atoms with van der Waals surface area (Å²) < 4.78 is 26.7. The van der Waals surface area contributed by atoms with Crippen LogP contribution in [0.3, 0.4) is 0 Å². The second-order valence-corrected chi connectivity index (χ2v) is 8.17. The van der Waals surface area contributed by atoms with Crippen molar-refractivity contribution in [3.63, 3.8) is 0 Å². The molecule has 3 nitrogen and oxygen atoms in total. The zero-order valence-electron chi connectivity index (χ0n) is 11.6. The average molecular weight is 366 g/mol. The molecular weight excluding hydrogens is 350 g/mol. The van der Waals surface area contributed by atoms with Crippen LogP contribution in [0.2, 0.25) is 0 Å². The lowest BCUT2D eigenvalue weighted by atomic mass is 10.1. The molecule has 21 heavy (non-hydrogen) atoms. The van der Waals surface area contributed by atoms with Crippen LogP contribution >= 0.6 is 15.9 Å². The van der Waals surface area contributed by atoms with Crippen molar-refractivity contribution >= 4 is 25.8 Å². The number of sulfone groups is 1. The normalized spacial score (nSPS) is 21.2. The number of nitrogens with one attached hydrogen (secondary N) is 1. The molecule has 2 aromatic carbocycles. The smallest absolute Gasteiger partial charge is 0.184 e. The van der Waals surface area contributed by atoms with Crippen molar-refractivity contribution in [3.8, 4) is 0 Å². The van der Waals surface area contributed by atoms with Gasteiger partial charge in [0.15, 0.2) is 9.84 Å². The van der Waals surface area contributed by atoms with Crippen molar-refractivity contribution in [1.82, 2.24) is 5.32 Å². The molecule has 0 radical (unpaired) electrons. The lowest BCUT2D eigenvalue weighted by molar-refractivity contribution is 0.535. The Kier molecular flexibility index (Phi) is 3.90. The van der Waals surface area contributed by atoms with Gasteiger partial charge in [0.05, 0.1) is 10.1 Å². The number of fused-ring (bicyclic) bond motifs is 1. The minimum Gasteiger partial charge on any atom is -0.312 e. The Morgan fingerprint density at radius 2 is 1.76 bits per heavy atom. The van der Waals surface area contributed by atoms with Crippen LogP contribution in [0, 0.1) is 0 Å². The summed E-state index contributed by atoms with van der Waals surface area (Å²) in [6, 6.07) is 14.8. The van der Waals surface area contributed by atoms with Gasteiger partial charge < -0.3 is 5.32 Å². The molecule has 2 aromatic rings. The highest BCUT2D eigenvalue weighted by Crippen LogP contribution is 2.39. The maximum atomic E-state index is 13.0. The third kappa shape index (κ3) is 2.43. The molecule has 1 aliphatic rings. The standard InChI is InChI=1S/C16H16BrNO2S/c1-18-16-12-7-3-2-6-11(12)10-15(16)21(19,20)14-9-5-4-8-13(14)17/h2-9,15-16,18H,10H2,1H3. The molecule has 1 N–H and O–H groups in total. The van der Waals surface area contributed by atoms with E-state index in [4.69, 9.17) is 0 Å². The maximum Gasteiger partial charge on any atom is 0.184 e. The van der Waals surface area contributed by atoms with Gasteiger partial charge in [-0.05, 0) is 52.7 Å². The highest BCUT2D eigenvalue weighted by molar-refractivity contribution is 9.10. The Morgan fingerprint density at radius 3 is 2.48 bits per heavy atom. The number of hydrogen-bond donors (Lipinski definition) is 1. The van der Waals surface area contributed by atoms with E-state index in [1.807, 2.05) is 37.4 Å². The van der Waals surface area contributed by atoms with Gasteiger partial charge in [0.25, 0.3) is 0 Å². The van der Waals surface area contributed by atoms with Gasteiger partial charge in [0.2, 0.25) is 0 Å². The molecule has 2 atom stereocenters. The zero-order valence-corrected chi connectivity index (χ0v) is 14.0. The van der Waals surface area contributed by atoms with Crippen LogP contribution in [0.5, 0.6) is 0 Å². The molecule has 3 rings (SSSR count). The van der Waals surface area contributed by atoms with Crippen LogP contribution in [0.4, 0.5) is 0 Å². The summed E-state index contributed by atoms with van der Waals surface area (Å²) in [7, 11) is -1.59. The van der Waals surface area contributed by atoms with Crippen molar-refractivity contribution in [3.05, 3.63) is 64.1 Å². The maximum absolute atomic E-state index is 13.0. The molecule has 0 heterocycles. The molecule has 0 saturated heterocycles. The first kappa shape index (κ1) is 14.8. The van der Waals surface area contributed by atoms with Crippen LogP contribution in [-0.4, -0.2) is 20.7 Å². The number of halogens is 1. The highest BCUT2D eigenvalue weighted by atomic mass is 79.9. The minimum atomic E-state index is -3.41. The van der Waals surface area contributed by atoms with Gasteiger partial charge >= 0.3 is 0 Å². The molecule has 0 fully saturated rings. The van der Waals surface area contributed by atoms with Gasteiger partial charge in [-0.2, -0.15) is 0 Å². The minimum absolute atomic E-state index is 0.168. The second kappa shape index (κ2) is 5.55. The summed E-state index contributed by atoms with van der Waals surface area (Å²) in [4.78, 5) is 0.364. The molecule has 0 aliphatic heterocycles. The van der Waals surface area contributed by atoms with Crippen LogP contribution in [0.1, 0.15) is 17.2 Å². The number of hydrogen-bond acceptors (Lipinski definition) is 3. The summed E-state index contributed by atoms with van der Waals surface area (Å²) in [6.07, 6.45) is 0.547. The summed E-state index contributed by atoms with van der Waals surface area (Å²) in [5.74, 6) is 0. The lowest BCUT2D eigenvalue weighted by Gasteiger charge is -2.21. The highest BCUT2D eigenvalue weighted by Gasteiger charge is 2.41. The number of rotatable bonds is 3. The Balaban J connectivity index is 2.08. The van der Waals surface area contributed by atoms with Gasteiger partial charge in [-0.15, -0.1) is 0 Å². The van der Waals surface area contributed by atoms with Gasteiger partial charge in [0.1, 0.15) is 0 Å². The van der Waals surface area contributed by atoms with E-state index in [0.717, 1.165) is 11.1 Å². The van der Waals surface area contributed by atoms with Crippen LogP contribution in [-0.2, 0) is 16.3 Å². The van der Waals surface area contributed by atoms with Gasteiger partial charge in [-0.1, -0.05) is 36.4 Å². The van der Waals surface area contributed by atoms with E-state index in [2.05, 4.69) is 21.2 Å². The molecule has 5 heteroatoms. The lowest BCUT2D eigenvalue weighted by Crippen LogP contribution is -2.33. The van der Waals surface area contributed by atoms with Crippen molar-refractivity contribution in [1.29, 1.82) is 0 Å². The summed E-state index contributed by atoms with van der Waals surface area (Å²) in [6.45, 7) is 0. The largest absolute Gasteiger partial charge is 0.312 e. The van der Waals surface area contributed by atoms with E-state index in [0.29, 0.717) is 15.8 Å². The van der Waals surface area contributed by atoms with E-state index in [9.17, 15) is 8.42 Å². The predicted molar refractivity (Wildman–Crippen MR) is 87.1 cm³/mol. The molecule has 2 unspecified atom stereocenters. The molecule has 0 bridgehead atoms. The Labute approximate surface area is 133 Å². The SMILES string of the molecule is CNC1c2ccccc2CC1S(=O)(=O)c1ccccc1Br. The molecular formula is C16H16BrNO2S. The molecule has 110 valence electrons. The van der Waals surface area contributed by atoms with Crippen molar-refractivity contribution < 1.29 is 8.42 Å². The van der Waals surface area contributed by atoms with E-state index >= 15 is 0 Å². The fourth-order valence-electron chi connectivity index (χ4n) is 3.03. The predicted octanol–water partition coefficient (Wildman–Crippen LogP) is 3.11. The summed E-state index contributed by atoms with van der Waals surface area (Å²) >= 11 is 3.36. The van der Waals surface area contributed by atoms with E-state index in [-0.39, 0.29) is 6.04 Å². The Hall–Kier alpha value is -1.17.